The maximum Gasteiger partial charge on any atom is 0.354 e. The molecule has 7 heteroatoms. The lowest BCUT2D eigenvalue weighted by Gasteiger charge is -2.15. The van der Waals surface area contributed by atoms with Crippen molar-refractivity contribution in [3.05, 3.63) is 17.5 Å². The van der Waals surface area contributed by atoms with Crippen LogP contribution in [0.2, 0.25) is 0 Å². The van der Waals surface area contributed by atoms with Gasteiger partial charge in [0.2, 0.25) is 0 Å². The first-order valence-corrected chi connectivity index (χ1v) is 5.38. The molecule has 0 aromatic carbocycles. The number of carboxylic acids is 1. The van der Waals surface area contributed by atoms with Gasteiger partial charge in [-0.25, -0.2) is 4.79 Å². The molecule has 0 saturated heterocycles. The number of aliphatic hydroxyl groups excluding tert-OH is 2. The molecule has 0 aliphatic carbocycles. The summed E-state index contributed by atoms with van der Waals surface area (Å²) in [4.78, 5) is 10.7. The number of aromatic nitrogens is 2. The molecule has 1 heterocycles. The lowest BCUT2D eigenvalue weighted by Crippen LogP contribution is -2.20. The minimum atomic E-state index is -1.24. The van der Waals surface area contributed by atoms with E-state index in [1.165, 1.54) is 6.20 Å². The van der Waals surface area contributed by atoms with E-state index in [4.69, 9.17) is 5.11 Å². The van der Waals surface area contributed by atoms with Crippen molar-refractivity contribution >= 4 is 21.9 Å². The van der Waals surface area contributed by atoms with Crippen LogP contribution >= 0.6 is 15.9 Å². The van der Waals surface area contributed by atoms with Crippen molar-refractivity contribution in [3.63, 3.8) is 0 Å². The Morgan fingerprint density at radius 3 is 2.80 bits per heavy atom. The summed E-state index contributed by atoms with van der Waals surface area (Å²) in [6.07, 6.45) is -0.732. The molecule has 0 spiro atoms. The van der Waals surface area contributed by atoms with E-state index >= 15 is 0 Å². The lowest BCUT2D eigenvalue weighted by atomic mass is 10.0. The van der Waals surface area contributed by atoms with Crippen LogP contribution in [0.4, 0.5) is 0 Å². The summed E-state index contributed by atoms with van der Waals surface area (Å²) in [6, 6.07) is 0. The number of alkyl halides is 1. The van der Waals surface area contributed by atoms with Crippen LogP contribution in [0.25, 0.3) is 0 Å². The fourth-order valence-electron chi connectivity index (χ4n) is 1.17. The molecule has 0 fully saturated rings. The van der Waals surface area contributed by atoms with Crippen molar-refractivity contribution < 1.29 is 20.1 Å². The summed E-state index contributed by atoms with van der Waals surface area (Å²) < 4.78 is 0. The highest BCUT2D eigenvalue weighted by Gasteiger charge is 2.24. The first kappa shape index (κ1) is 12.2. The first-order chi connectivity index (χ1) is 7.07. The Balaban J connectivity index is 2.85. The first-order valence-electron chi connectivity index (χ1n) is 4.26. The van der Waals surface area contributed by atoms with Crippen LogP contribution in [-0.4, -0.2) is 42.9 Å². The van der Waals surface area contributed by atoms with Gasteiger partial charge in [0.1, 0.15) is 11.8 Å². The molecule has 84 valence electrons. The molecule has 0 aliphatic heterocycles. The number of aliphatic hydroxyl groups is 2. The highest BCUT2D eigenvalue weighted by Crippen LogP contribution is 2.21. The van der Waals surface area contributed by atoms with Gasteiger partial charge in [-0.2, -0.15) is 5.10 Å². The number of nitrogens with one attached hydrogen (secondary N) is 1. The third-order valence-corrected chi connectivity index (χ3v) is 2.43. The van der Waals surface area contributed by atoms with Crippen LogP contribution < -0.4 is 0 Å². The fourth-order valence-corrected chi connectivity index (χ4v) is 1.64. The smallest absolute Gasteiger partial charge is 0.354 e. The van der Waals surface area contributed by atoms with Crippen molar-refractivity contribution in [3.8, 4) is 0 Å². The molecule has 0 aliphatic rings. The van der Waals surface area contributed by atoms with Gasteiger partial charge in [0.25, 0.3) is 0 Å². The number of hydrogen-bond donors (Lipinski definition) is 4. The summed E-state index contributed by atoms with van der Waals surface area (Å²) in [5.41, 5.74) is -0.105. The quantitative estimate of drug-likeness (QED) is 0.579. The lowest BCUT2D eigenvalue weighted by molar-refractivity contribution is 0.0164. The van der Waals surface area contributed by atoms with Crippen molar-refractivity contribution in [2.24, 2.45) is 0 Å². The molecule has 2 unspecified atom stereocenters. The topological polar surface area (TPSA) is 106 Å². The summed E-state index contributed by atoms with van der Waals surface area (Å²) in [5.74, 6) is -1.22. The van der Waals surface area contributed by atoms with E-state index in [9.17, 15) is 15.0 Å². The monoisotopic (exact) mass is 278 g/mol. The molecular weight excluding hydrogens is 268 g/mol. The SMILES string of the molecule is O=C(O)c1[nH]ncc1C(O)C(O)CCBr. The molecular formula is C8H11BrN2O4. The second-order valence-corrected chi connectivity index (χ2v) is 3.79. The van der Waals surface area contributed by atoms with Gasteiger partial charge in [0.15, 0.2) is 0 Å². The Kier molecular flexibility index (Phi) is 4.25. The minimum Gasteiger partial charge on any atom is -0.477 e. The Morgan fingerprint density at radius 1 is 1.60 bits per heavy atom. The fraction of sp³-hybridized carbons (Fsp3) is 0.500. The van der Waals surface area contributed by atoms with Gasteiger partial charge in [-0.1, -0.05) is 15.9 Å². The summed E-state index contributed by atoms with van der Waals surface area (Å²) in [5, 5.41) is 34.2. The molecule has 1 aromatic heterocycles. The van der Waals surface area contributed by atoms with E-state index in [1.807, 2.05) is 0 Å². The van der Waals surface area contributed by atoms with Crippen molar-refractivity contribution in [2.75, 3.05) is 5.33 Å². The predicted octanol–water partition coefficient (Wildman–Crippen LogP) is 0.287. The van der Waals surface area contributed by atoms with Crippen LogP contribution in [0, 0.1) is 0 Å². The van der Waals surface area contributed by atoms with E-state index in [-0.39, 0.29) is 11.3 Å². The number of aromatic amines is 1. The number of aromatic carboxylic acids is 1. The van der Waals surface area contributed by atoms with E-state index in [0.717, 1.165) is 0 Å². The maximum absolute atomic E-state index is 10.7. The van der Waals surface area contributed by atoms with Crippen molar-refractivity contribution in [1.82, 2.24) is 10.2 Å². The highest BCUT2D eigenvalue weighted by molar-refractivity contribution is 9.09. The Labute approximate surface area is 94.1 Å². The molecule has 2 atom stereocenters. The highest BCUT2D eigenvalue weighted by atomic mass is 79.9. The predicted molar refractivity (Wildman–Crippen MR) is 54.9 cm³/mol. The number of rotatable bonds is 5. The second kappa shape index (κ2) is 5.24. The van der Waals surface area contributed by atoms with Crippen LogP contribution in [0.3, 0.4) is 0 Å². The molecule has 4 N–H and O–H groups in total. The van der Waals surface area contributed by atoms with Crippen molar-refractivity contribution in [2.45, 2.75) is 18.6 Å². The Hall–Kier alpha value is -0.920. The molecule has 0 saturated carbocycles. The van der Waals surface area contributed by atoms with Gasteiger partial charge in [0, 0.05) is 10.9 Å². The number of H-pyrrole nitrogens is 1. The van der Waals surface area contributed by atoms with Gasteiger partial charge in [0.05, 0.1) is 12.3 Å². The number of carboxylic acid groups (broad SMARTS) is 1. The minimum absolute atomic E-state index is 0.0935. The van der Waals surface area contributed by atoms with Gasteiger partial charge in [-0.15, -0.1) is 0 Å². The van der Waals surface area contributed by atoms with Gasteiger partial charge >= 0.3 is 5.97 Å². The molecule has 6 nitrogen and oxygen atoms in total. The third kappa shape index (κ3) is 2.77. The molecule has 15 heavy (non-hydrogen) atoms. The largest absolute Gasteiger partial charge is 0.477 e. The standard InChI is InChI=1S/C8H11BrN2O4/c9-2-1-5(12)7(13)4-3-10-11-6(4)8(14)15/h3,5,7,12-13H,1-2H2,(H,10,11)(H,14,15). The van der Waals surface area contributed by atoms with E-state index in [1.54, 1.807) is 0 Å². The average Bonchev–Trinajstić information content (AvgIpc) is 2.65. The zero-order valence-electron chi connectivity index (χ0n) is 7.72. The van der Waals surface area contributed by atoms with Gasteiger partial charge in [-0.05, 0) is 6.42 Å². The zero-order valence-corrected chi connectivity index (χ0v) is 9.31. The number of nitrogens with zero attached hydrogens (tertiary/aromatic N) is 1. The van der Waals surface area contributed by atoms with E-state index < -0.39 is 18.2 Å². The van der Waals surface area contributed by atoms with E-state index in [0.29, 0.717) is 11.8 Å². The zero-order chi connectivity index (χ0) is 11.4. The molecule has 1 rings (SSSR count). The van der Waals surface area contributed by atoms with E-state index in [2.05, 4.69) is 26.1 Å². The third-order valence-electron chi connectivity index (χ3n) is 1.97. The Bertz CT molecular complexity index is 341. The van der Waals surface area contributed by atoms with Crippen LogP contribution in [-0.2, 0) is 0 Å². The van der Waals surface area contributed by atoms with Gasteiger partial charge in [-0.3, -0.25) is 5.10 Å². The summed E-state index contributed by atoms with van der Waals surface area (Å²) >= 11 is 3.12. The second-order valence-electron chi connectivity index (χ2n) is 3.00. The molecule has 0 radical (unpaired) electrons. The molecule has 1 aromatic rings. The average molecular weight is 279 g/mol. The number of hydrogen-bond acceptors (Lipinski definition) is 4. The van der Waals surface area contributed by atoms with Crippen LogP contribution in [0.1, 0.15) is 28.6 Å². The maximum atomic E-state index is 10.7. The Morgan fingerprint density at radius 2 is 2.27 bits per heavy atom. The van der Waals surface area contributed by atoms with Crippen LogP contribution in [0.5, 0.6) is 0 Å². The molecule has 0 amide bonds. The molecule has 0 bridgehead atoms. The number of halogens is 1. The number of carbonyl (C=O) groups is 1. The summed E-state index contributed by atoms with van der Waals surface area (Å²) in [7, 11) is 0. The normalized spacial score (nSPS) is 14.9. The van der Waals surface area contributed by atoms with Gasteiger partial charge < -0.3 is 15.3 Å². The summed E-state index contributed by atoms with van der Waals surface area (Å²) in [6.45, 7) is 0. The van der Waals surface area contributed by atoms with Crippen molar-refractivity contribution in [1.29, 1.82) is 0 Å². The van der Waals surface area contributed by atoms with Crippen LogP contribution in [0.15, 0.2) is 6.20 Å².